The van der Waals surface area contributed by atoms with Crippen LogP contribution in [0.25, 0.3) is 0 Å². The van der Waals surface area contributed by atoms with Crippen molar-refractivity contribution in [3.63, 3.8) is 0 Å². The van der Waals surface area contributed by atoms with E-state index in [1.807, 2.05) is 13.8 Å². The number of amides is 1. The van der Waals surface area contributed by atoms with Crippen molar-refractivity contribution in [2.75, 3.05) is 25.4 Å². The van der Waals surface area contributed by atoms with E-state index in [1.54, 1.807) is 20.8 Å². The molecule has 1 rings (SSSR count). The second-order valence-corrected chi connectivity index (χ2v) is 9.83. The molecule has 8 heteroatoms. The molecule has 0 aromatic carbocycles. The molecule has 1 amide bonds. The number of hydrogen-bond donors (Lipinski definition) is 0. The summed E-state index contributed by atoms with van der Waals surface area (Å²) in [7, 11) is -3.46. The Morgan fingerprint density at radius 2 is 1.81 bits per heavy atom. The van der Waals surface area contributed by atoms with Crippen molar-refractivity contribution in [1.82, 2.24) is 9.21 Å². The molecule has 1 atom stereocenters. The van der Waals surface area contributed by atoms with Gasteiger partial charge < -0.3 is 9.64 Å². The minimum Gasteiger partial charge on any atom is -0.459 e. The van der Waals surface area contributed by atoms with Crippen LogP contribution < -0.4 is 0 Å². The van der Waals surface area contributed by atoms with Crippen LogP contribution in [0, 0.1) is 0 Å². The first-order valence-corrected chi connectivity index (χ1v) is 11.1. The number of ether oxygens (including phenoxy) is 1. The number of piperidine rings is 1. The van der Waals surface area contributed by atoms with Crippen LogP contribution in [0.3, 0.4) is 0 Å². The van der Waals surface area contributed by atoms with Crippen LogP contribution in [0.15, 0.2) is 0 Å². The van der Waals surface area contributed by atoms with E-state index in [-0.39, 0.29) is 18.2 Å². The van der Waals surface area contributed by atoms with E-state index >= 15 is 0 Å². The molecule has 0 aliphatic carbocycles. The summed E-state index contributed by atoms with van der Waals surface area (Å²) in [4.78, 5) is 26.7. The van der Waals surface area contributed by atoms with Crippen LogP contribution >= 0.6 is 0 Å². The van der Waals surface area contributed by atoms with Gasteiger partial charge in [-0.2, -0.15) is 4.31 Å². The number of sulfonamides is 1. The lowest BCUT2D eigenvalue weighted by Gasteiger charge is -2.36. The topological polar surface area (TPSA) is 84.0 Å². The van der Waals surface area contributed by atoms with E-state index in [0.29, 0.717) is 32.4 Å². The predicted molar refractivity (Wildman–Crippen MR) is 101 cm³/mol. The third kappa shape index (κ3) is 6.87. The first-order chi connectivity index (χ1) is 12.0. The maximum Gasteiger partial charge on any atom is 0.326 e. The zero-order valence-corrected chi connectivity index (χ0v) is 17.6. The molecule has 0 aromatic heterocycles. The molecule has 1 aliphatic rings. The highest BCUT2D eigenvalue weighted by Gasteiger charge is 2.38. The quantitative estimate of drug-likeness (QED) is 0.593. The minimum absolute atomic E-state index is 0.0383. The van der Waals surface area contributed by atoms with Gasteiger partial charge in [0, 0.05) is 13.1 Å². The number of nitrogens with zero attached hydrogens (tertiary/aromatic N) is 2. The molecular formula is C18H34N2O5S. The Hall–Kier alpha value is -1.15. The molecule has 7 nitrogen and oxygen atoms in total. The van der Waals surface area contributed by atoms with Crippen molar-refractivity contribution in [2.45, 2.75) is 78.4 Å². The van der Waals surface area contributed by atoms with Crippen LogP contribution in [0.1, 0.15) is 66.7 Å². The molecule has 0 spiro atoms. The normalized spacial score (nSPS) is 19.2. The lowest BCUT2D eigenvalue weighted by Crippen LogP contribution is -2.54. The number of hydrogen-bond acceptors (Lipinski definition) is 5. The summed E-state index contributed by atoms with van der Waals surface area (Å²) in [5, 5.41) is 0. The monoisotopic (exact) mass is 390 g/mol. The van der Waals surface area contributed by atoms with E-state index in [4.69, 9.17) is 4.74 Å². The van der Waals surface area contributed by atoms with Crippen molar-refractivity contribution < 1.29 is 22.7 Å². The summed E-state index contributed by atoms with van der Waals surface area (Å²) in [6.07, 6.45) is 3.25. The summed E-state index contributed by atoms with van der Waals surface area (Å²) in [6.45, 7) is 9.67. The standard InChI is InChI=1S/C18H34N2O5S/c1-6-11-19(14-16(21)25-18(3,4)5)17(22)15-10-8-9-12-20(15)26(23,24)13-7-2/h15H,6-14H2,1-5H3/t15-/m1/s1. The van der Waals surface area contributed by atoms with Gasteiger partial charge in [-0.05, 0) is 46.5 Å². The van der Waals surface area contributed by atoms with Gasteiger partial charge in [0.15, 0.2) is 0 Å². The highest BCUT2D eigenvalue weighted by atomic mass is 32.2. The molecule has 152 valence electrons. The molecule has 0 N–H and O–H groups in total. The van der Waals surface area contributed by atoms with Gasteiger partial charge in [-0.1, -0.05) is 20.3 Å². The largest absolute Gasteiger partial charge is 0.459 e. The Labute approximate surface area is 158 Å². The number of esters is 1. The van der Waals surface area contributed by atoms with Crippen LogP contribution in [-0.4, -0.2) is 66.5 Å². The molecule has 0 bridgehead atoms. The number of carbonyl (C=O) groups is 2. The van der Waals surface area contributed by atoms with Crippen molar-refractivity contribution in [3.05, 3.63) is 0 Å². The second kappa shape index (κ2) is 9.69. The summed E-state index contributed by atoms with van der Waals surface area (Å²) in [5.74, 6) is -0.730. The third-order valence-corrected chi connectivity index (χ3v) is 6.18. The molecular weight excluding hydrogens is 356 g/mol. The van der Waals surface area contributed by atoms with Gasteiger partial charge in [-0.3, -0.25) is 9.59 Å². The average Bonchev–Trinajstić information content (AvgIpc) is 2.52. The van der Waals surface area contributed by atoms with Gasteiger partial charge in [-0.25, -0.2) is 8.42 Å². The van der Waals surface area contributed by atoms with Gasteiger partial charge in [0.2, 0.25) is 15.9 Å². The lowest BCUT2D eigenvalue weighted by molar-refractivity contribution is -0.159. The predicted octanol–water partition coefficient (Wildman–Crippen LogP) is 2.16. The van der Waals surface area contributed by atoms with Gasteiger partial charge in [-0.15, -0.1) is 0 Å². The Balaban J connectivity index is 2.95. The highest BCUT2D eigenvalue weighted by molar-refractivity contribution is 7.89. The second-order valence-electron chi connectivity index (χ2n) is 7.78. The van der Waals surface area contributed by atoms with Gasteiger partial charge in [0.1, 0.15) is 18.2 Å². The summed E-state index contributed by atoms with van der Waals surface area (Å²) >= 11 is 0. The Morgan fingerprint density at radius 3 is 2.35 bits per heavy atom. The molecule has 26 heavy (non-hydrogen) atoms. The van der Waals surface area contributed by atoms with E-state index in [9.17, 15) is 18.0 Å². The maximum absolute atomic E-state index is 13.1. The average molecular weight is 391 g/mol. The van der Waals surface area contributed by atoms with Crippen LogP contribution in [0.2, 0.25) is 0 Å². The zero-order chi connectivity index (χ0) is 20.0. The fourth-order valence-corrected chi connectivity index (χ4v) is 4.88. The first kappa shape index (κ1) is 22.9. The Morgan fingerprint density at radius 1 is 1.15 bits per heavy atom. The molecule has 0 radical (unpaired) electrons. The zero-order valence-electron chi connectivity index (χ0n) is 16.8. The third-order valence-electron chi connectivity index (χ3n) is 4.10. The van der Waals surface area contributed by atoms with Gasteiger partial charge in [0.05, 0.1) is 5.75 Å². The summed E-state index contributed by atoms with van der Waals surface area (Å²) < 4.78 is 31.8. The van der Waals surface area contributed by atoms with E-state index in [2.05, 4.69) is 0 Å². The smallest absolute Gasteiger partial charge is 0.326 e. The fourth-order valence-electron chi connectivity index (χ4n) is 3.14. The summed E-state index contributed by atoms with van der Waals surface area (Å²) in [6, 6.07) is -0.714. The molecule has 1 heterocycles. The van der Waals surface area contributed by atoms with Crippen LogP contribution in [0.5, 0.6) is 0 Å². The maximum atomic E-state index is 13.1. The lowest BCUT2D eigenvalue weighted by atomic mass is 10.0. The Kier molecular flexibility index (Phi) is 8.53. The van der Waals surface area contributed by atoms with E-state index < -0.39 is 27.6 Å². The van der Waals surface area contributed by atoms with Crippen molar-refractivity contribution >= 4 is 21.9 Å². The molecule has 0 saturated carbocycles. The Bertz CT molecular complexity index is 583. The van der Waals surface area contributed by atoms with Gasteiger partial charge >= 0.3 is 5.97 Å². The SMILES string of the molecule is CCCN(CC(=O)OC(C)(C)C)C(=O)[C@H]1CCCCN1S(=O)(=O)CCC. The molecule has 0 aromatic rings. The van der Waals surface area contributed by atoms with Crippen molar-refractivity contribution in [3.8, 4) is 0 Å². The number of carbonyl (C=O) groups excluding carboxylic acids is 2. The molecule has 1 aliphatic heterocycles. The minimum atomic E-state index is -3.46. The van der Waals surface area contributed by atoms with Crippen LogP contribution in [0.4, 0.5) is 0 Å². The van der Waals surface area contributed by atoms with Crippen molar-refractivity contribution in [2.24, 2.45) is 0 Å². The first-order valence-electron chi connectivity index (χ1n) is 9.52. The highest BCUT2D eigenvalue weighted by Crippen LogP contribution is 2.23. The van der Waals surface area contributed by atoms with E-state index in [1.165, 1.54) is 9.21 Å². The molecule has 0 unspecified atom stereocenters. The molecule has 1 saturated heterocycles. The van der Waals surface area contributed by atoms with Gasteiger partial charge in [0.25, 0.3) is 0 Å². The fraction of sp³-hybridized carbons (Fsp3) is 0.889. The number of rotatable bonds is 8. The van der Waals surface area contributed by atoms with E-state index in [0.717, 1.165) is 12.8 Å². The van der Waals surface area contributed by atoms with Crippen molar-refractivity contribution in [1.29, 1.82) is 0 Å². The summed E-state index contributed by atoms with van der Waals surface area (Å²) in [5.41, 5.74) is -0.626. The van der Waals surface area contributed by atoms with Crippen LogP contribution in [-0.2, 0) is 24.3 Å². The molecule has 1 fully saturated rings.